The van der Waals surface area contributed by atoms with Crippen molar-refractivity contribution in [3.63, 3.8) is 0 Å². The number of nitrogens with zero attached hydrogens (tertiary/aromatic N) is 2. The summed E-state index contributed by atoms with van der Waals surface area (Å²) in [4.78, 5) is 12.3. The van der Waals surface area contributed by atoms with Crippen molar-refractivity contribution in [2.75, 3.05) is 0 Å². The number of nitrogens with one attached hydrogen (secondary N) is 1. The van der Waals surface area contributed by atoms with Crippen molar-refractivity contribution in [2.24, 2.45) is 5.92 Å². The van der Waals surface area contributed by atoms with Crippen LogP contribution in [-0.4, -0.2) is 21.7 Å². The van der Waals surface area contributed by atoms with Gasteiger partial charge in [0.05, 0.1) is 0 Å². The smallest absolute Gasteiger partial charge is 0.351 e. The van der Waals surface area contributed by atoms with E-state index in [2.05, 4.69) is 17.3 Å². The van der Waals surface area contributed by atoms with Crippen LogP contribution in [0.15, 0.2) is 6.07 Å². The lowest BCUT2D eigenvalue weighted by Gasteiger charge is -2.30. The van der Waals surface area contributed by atoms with Gasteiger partial charge in [-0.3, -0.25) is 9.48 Å². The number of rotatable bonds is 3. The minimum Gasteiger partial charge on any atom is -0.351 e. The van der Waals surface area contributed by atoms with E-state index >= 15 is 0 Å². The Morgan fingerprint density at radius 1 is 1.41 bits per heavy atom. The van der Waals surface area contributed by atoms with E-state index in [0.29, 0.717) is 11.6 Å². The first kappa shape index (κ1) is 16.8. The first-order valence-corrected chi connectivity index (χ1v) is 7.64. The van der Waals surface area contributed by atoms with Gasteiger partial charge in [-0.05, 0) is 38.7 Å². The number of amides is 1. The maximum absolute atomic E-state index is 12.7. The molecule has 1 heterocycles. The van der Waals surface area contributed by atoms with Crippen molar-refractivity contribution < 1.29 is 18.0 Å². The van der Waals surface area contributed by atoms with Crippen molar-refractivity contribution in [1.29, 1.82) is 0 Å². The van der Waals surface area contributed by atoms with Crippen molar-refractivity contribution in [1.82, 2.24) is 15.1 Å². The van der Waals surface area contributed by atoms with Gasteiger partial charge in [-0.2, -0.15) is 18.3 Å². The first-order valence-electron chi connectivity index (χ1n) is 7.64. The molecule has 0 aromatic carbocycles. The minimum absolute atomic E-state index is 0.0988. The molecule has 1 saturated carbocycles. The molecule has 2 rings (SSSR count). The normalized spacial score (nSPS) is 24.1. The number of alkyl halides is 3. The summed E-state index contributed by atoms with van der Waals surface area (Å²) >= 11 is 0. The Bertz CT molecular complexity index is 539. The lowest BCUT2D eigenvalue weighted by atomic mass is 9.86. The molecule has 4 nitrogen and oxygen atoms in total. The molecule has 1 aromatic rings. The number of hydrogen-bond donors (Lipinski definition) is 1. The average molecular weight is 317 g/mol. The molecule has 124 valence electrons. The molecule has 1 aliphatic carbocycles. The summed E-state index contributed by atoms with van der Waals surface area (Å²) in [5, 5.41) is 6.51. The maximum Gasteiger partial charge on any atom is 0.435 e. The number of aromatic nitrogens is 2. The van der Waals surface area contributed by atoms with Gasteiger partial charge < -0.3 is 5.32 Å². The second kappa shape index (κ2) is 6.30. The molecule has 0 saturated heterocycles. The van der Waals surface area contributed by atoms with Crippen LogP contribution in [0.25, 0.3) is 0 Å². The van der Waals surface area contributed by atoms with Gasteiger partial charge in [0.1, 0.15) is 6.04 Å². The molecular weight excluding hydrogens is 295 g/mol. The fourth-order valence-electron chi connectivity index (χ4n) is 2.96. The van der Waals surface area contributed by atoms with Crippen LogP contribution in [0, 0.1) is 12.8 Å². The highest BCUT2D eigenvalue weighted by Gasteiger charge is 2.35. The molecule has 7 heteroatoms. The highest BCUT2D eigenvalue weighted by atomic mass is 19.4. The second-order valence-electron chi connectivity index (χ2n) is 6.17. The molecule has 1 N–H and O–H groups in total. The molecule has 0 aliphatic heterocycles. The van der Waals surface area contributed by atoms with Crippen LogP contribution in [0.3, 0.4) is 0 Å². The largest absolute Gasteiger partial charge is 0.435 e. The Balaban J connectivity index is 2.09. The van der Waals surface area contributed by atoms with Crippen LogP contribution >= 0.6 is 0 Å². The third-order valence-corrected chi connectivity index (χ3v) is 4.40. The standard InChI is InChI=1S/C15H22F3N3O/c1-9-6-4-5-7-12(9)19-14(22)11(3)21-10(2)8-13(20-21)15(16,17)18/h8-9,11-12H,4-7H2,1-3H3,(H,19,22)/t9-,11-,12+/m0/s1. The number of carbonyl (C=O) groups is 1. The predicted molar refractivity (Wildman–Crippen MR) is 76.2 cm³/mol. The summed E-state index contributed by atoms with van der Waals surface area (Å²) in [6, 6.07) is 0.305. The number of halogens is 3. The second-order valence-corrected chi connectivity index (χ2v) is 6.17. The highest BCUT2D eigenvalue weighted by Crippen LogP contribution is 2.29. The van der Waals surface area contributed by atoms with Gasteiger partial charge in [0, 0.05) is 11.7 Å². The van der Waals surface area contributed by atoms with Crippen LogP contribution in [0.2, 0.25) is 0 Å². The monoisotopic (exact) mass is 317 g/mol. The summed E-state index contributed by atoms with van der Waals surface area (Å²) in [7, 11) is 0. The van der Waals surface area contributed by atoms with Gasteiger partial charge in [-0.1, -0.05) is 19.8 Å². The van der Waals surface area contributed by atoms with E-state index < -0.39 is 17.9 Å². The van der Waals surface area contributed by atoms with Crippen molar-refractivity contribution in [2.45, 2.75) is 64.7 Å². The van der Waals surface area contributed by atoms with Crippen LogP contribution in [0.5, 0.6) is 0 Å². The molecule has 1 fully saturated rings. The Morgan fingerprint density at radius 3 is 2.59 bits per heavy atom. The molecule has 0 unspecified atom stereocenters. The molecule has 0 bridgehead atoms. The average Bonchev–Trinajstić information content (AvgIpc) is 2.82. The molecule has 0 radical (unpaired) electrons. The first-order chi connectivity index (χ1) is 10.2. The van der Waals surface area contributed by atoms with E-state index in [1.54, 1.807) is 6.92 Å². The van der Waals surface area contributed by atoms with Gasteiger partial charge in [-0.15, -0.1) is 0 Å². The van der Waals surface area contributed by atoms with Crippen molar-refractivity contribution >= 4 is 5.91 Å². The molecular formula is C15H22F3N3O. The number of aryl methyl sites for hydroxylation is 1. The van der Waals surface area contributed by atoms with E-state index in [0.717, 1.165) is 36.4 Å². The third-order valence-electron chi connectivity index (χ3n) is 4.40. The topological polar surface area (TPSA) is 46.9 Å². The van der Waals surface area contributed by atoms with E-state index in [1.165, 1.54) is 6.92 Å². The molecule has 22 heavy (non-hydrogen) atoms. The van der Waals surface area contributed by atoms with Gasteiger partial charge >= 0.3 is 6.18 Å². The Morgan fingerprint density at radius 2 is 2.05 bits per heavy atom. The van der Waals surface area contributed by atoms with Crippen LogP contribution in [-0.2, 0) is 11.0 Å². The number of hydrogen-bond acceptors (Lipinski definition) is 2. The summed E-state index contributed by atoms with van der Waals surface area (Å²) in [5.74, 6) is 0.119. The summed E-state index contributed by atoms with van der Waals surface area (Å²) < 4.78 is 39.2. The lowest BCUT2D eigenvalue weighted by Crippen LogP contribution is -2.44. The fourth-order valence-corrected chi connectivity index (χ4v) is 2.96. The zero-order chi connectivity index (χ0) is 16.5. The van der Waals surface area contributed by atoms with Crippen LogP contribution in [0.1, 0.15) is 57.0 Å². The van der Waals surface area contributed by atoms with E-state index in [1.807, 2.05) is 0 Å². The Labute approximate surface area is 128 Å². The summed E-state index contributed by atoms with van der Waals surface area (Å²) in [6.45, 7) is 5.19. The maximum atomic E-state index is 12.7. The van der Waals surface area contributed by atoms with Gasteiger partial charge in [-0.25, -0.2) is 0 Å². The Hall–Kier alpha value is -1.53. The quantitative estimate of drug-likeness (QED) is 0.928. The van der Waals surface area contributed by atoms with E-state index in [-0.39, 0.29) is 11.9 Å². The zero-order valence-corrected chi connectivity index (χ0v) is 13.1. The highest BCUT2D eigenvalue weighted by molar-refractivity contribution is 5.80. The third kappa shape index (κ3) is 3.62. The summed E-state index contributed by atoms with van der Waals surface area (Å²) in [5.41, 5.74) is -0.637. The van der Waals surface area contributed by atoms with Gasteiger partial charge in [0.15, 0.2) is 5.69 Å². The zero-order valence-electron chi connectivity index (χ0n) is 13.1. The van der Waals surface area contributed by atoms with Crippen LogP contribution in [0.4, 0.5) is 13.2 Å². The molecule has 0 spiro atoms. The molecule has 3 atom stereocenters. The molecule has 1 amide bonds. The fraction of sp³-hybridized carbons (Fsp3) is 0.733. The van der Waals surface area contributed by atoms with Crippen LogP contribution < -0.4 is 5.32 Å². The van der Waals surface area contributed by atoms with Gasteiger partial charge in [0.2, 0.25) is 5.91 Å². The Kier molecular flexibility index (Phi) is 4.82. The molecule has 1 aliphatic rings. The van der Waals surface area contributed by atoms with Crippen molar-refractivity contribution in [3.05, 3.63) is 17.5 Å². The van der Waals surface area contributed by atoms with Gasteiger partial charge in [0.25, 0.3) is 0 Å². The molecule has 1 aromatic heterocycles. The minimum atomic E-state index is -4.50. The number of carbonyl (C=O) groups excluding carboxylic acids is 1. The lowest BCUT2D eigenvalue weighted by molar-refractivity contribution is -0.142. The SMILES string of the molecule is Cc1cc(C(F)(F)F)nn1[C@@H](C)C(=O)N[C@@H]1CCCC[C@@H]1C. The van der Waals surface area contributed by atoms with E-state index in [9.17, 15) is 18.0 Å². The van der Waals surface area contributed by atoms with Crippen molar-refractivity contribution in [3.8, 4) is 0 Å². The predicted octanol–water partition coefficient (Wildman–Crippen LogP) is 3.47. The summed E-state index contributed by atoms with van der Waals surface area (Å²) in [6.07, 6.45) is -0.271. The van der Waals surface area contributed by atoms with E-state index in [4.69, 9.17) is 0 Å².